The maximum atomic E-state index is 12.1. The largest absolute Gasteiger partial charge is 0.478 e. The molecule has 1 aliphatic carbocycles. The van der Waals surface area contributed by atoms with Crippen LogP contribution in [0.2, 0.25) is 0 Å². The van der Waals surface area contributed by atoms with E-state index in [9.17, 15) is 9.59 Å². The Hall–Kier alpha value is -2.30. The highest BCUT2D eigenvalue weighted by Gasteiger charge is 2.29. The second-order valence-electron chi connectivity index (χ2n) is 5.22. The van der Waals surface area contributed by atoms with Crippen molar-refractivity contribution in [1.29, 1.82) is 0 Å². The minimum Gasteiger partial charge on any atom is -0.478 e. The SMILES string of the molecule is CN(C(=O)Cn1ccc2c(C(=O)O)cccc21)C1CC1. The number of amides is 1. The lowest BCUT2D eigenvalue weighted by Gasteiger charge is -2.17. The van der Waals surface area contributed by atoms with Crippen molar-refractivity contribution in [2.45, 2.75) is 25.4 Å². The van der Waals surface area contributed by atoms with Crippen molar-refractivity contribution in [3.8, 4) is 0 Å². The third-order valence-corrected chi connectivity index (χ3v) is 3.84. The number of carboxylic acid groups (broad SMARTS) is 1. The summed E-state index contributed by atoms with van der Waals surface area (Å²) < 4.78 is 1.81. The van der Waals surface area contributed by atoms with E-state index in [4.69, 9.17) is 5.11 Å². The van der Waals surface area contributed by atoms with Gasteiger partial charge in [-0.2, -0.15) is 0 Å². The molecule has 0 spiro atoms. The number of benzene rings is 1. The minimum absolute atomic E-state index is 0.0609. The summed E-state index contributed by atoms with van der Waals surface area (Å²) in [6.45, 7) is 0.250. The van der Waals surface area contributed by atoms with E-state index in [1.165, 1.54) is 0 Å². The van der Waals surface area contributed by atoms with Crippen LogP contribution in [0.4, 0.5) is 0 Å². The lowest BCUT2D eigenvalue weighted by molar-refractivity contribution is -0.130. The van der Waals surface area contributed by atoms with Crippen LogP contribution in [-0.4, -0.2) is 39.5 Å². The third-order valence-electron chi connectivity index (χ3n) is 3.84. The highest BCUT2D eigenvalue weighted by molar-refractivity contribution is 6.03. The molecular weight excluding hydrogens is 256 g/mol. The van der Waals surface area contributed by atoms with Crippen LogP contribution < -0.4 is 0 Å². The Kier molecular flexibility index (Phi) is 2.97. The third kappa shape index (κ3) is 2.15. The molecule has 20 heavy (non-hydrogen) atoms. The summed E-state index contributed by atoms with van der Waals surface area (Å²) >= 11 is 0. The molecule has 0 aliphatic heterocycles. The first-order valence-corrected chi connectivity index (χ1v) is 6.64. The minimum atomic E-state index is -0.949. The Morgan fingerprint density at radius 1 is 1.35 bits per heavy atom. The van der Waals surface area contributed by atoms with Crippen molar-refractivity contribution in [3.63, 3.8) is 0 Å². The summed E-state index contributed by atoms with van der Waals surface area (Å²) in [6, 6.07) is 7.26. The first-order valence-electron chi connectivity index (χ1n) is 6.64. The lowest BCUT2D eigenvalue weighted by atomic mass is 10.1. The molecule has 1 amide bonds. The Morgan fingerprint density at radius 3 is 2.75 bits per heavy atom. The van der Waals surface area contributed by atoms with E-state index < -0.39 is 5.97 Å². The maximum Gasteiger partial charge on any atom is 0.336 e. The molecule has 1 aliphatic rings. The van der Waals surface area contributed by atoms with E-state index in [-0.39, 0.29) is 18.0 Å². The number of carbonyl (C=O) groups excluding carboxylic acids is 1. The van der Waals surface area contributed by atoms with E-state index >= 15 is 0 Å². The molecule has 0 bridgehead atoms. The average molecular weight is 272 g/mol. The maximum absolute atomic E-state index is 12.1. The number of carboxylic acids is 1. The highest BCUT2D eigenvalue weighted by atomic mass is 16.4. The van der Waals surface area contributed by atoms with Gasteiger partial charge in [-0.3, -0.25) is 4.79 Å². The number of hydrogen-bond acceptors (Lipinski definition) is 2. The molecule has 0 saturated heterocycles. The molecule has 1 aromatic carbocycles. The van der Waals surface area contributed by atoms with Crippen LogP contribution in [0, 0.1) is 0 Å². The zero-order chi connectivity index (χ0) is 14.3. The molecule has 1 N–H and O–H groups in total. The second kappa shape index (κ2) is 4.67. The molecule has 5 nitrogen and oxygen atoms in total. The number of aromatic nitrogens is 1. The van der Waals surface area contributed by atoms with E-state index in [2.05, 4.69) is 0 Å². The van der Waals surface area contributed by atoms with Gasteiger partial charge in [-0.05, 0) is 31.0 Å². The molecule has 0 atom stereocenters. The average Bonchev–Trinajstić information content (AvgIpc) is 3.20. The highest BCUT2D eigenvalue weighted by Crippen LogP contribution is 2.26. The summed E-state index contributed by atoms with van der Waals surface area (Å²) in [6.07, 6.45) is 3.94. The first-order chi connectivity index (χ1) is 9.58. The number of nitrogens with zero attached hydrogens (tertiary/aromatic N) is 2. The predicted octanol–water partition coefficient (Wildman–Crippen LogP) is 1.96. The molecule has 0 unspecified atom stereocenters. The standard InChI is InChI=1S/C15H16N2O3/c1-16(10-5-6-10)14(18)9-17-8-7-11-12(15(19)20)3-2-4-13(11)17/h2-4,7-8,10H,5-6,9H2,1H3,(H,19,20). The Labute approximate surface area is 116 Å². The summed E-state index contributed by atoms with van der Waals surface area (Å²) in [4.78, 5) is 25.1. The molecule has 1 heterocycles. The molecular formula is C15H16N2O3. The van der Waals surface area contributed by atoms with Crippen molar-refractivity contribution in [1.82, 2.24) is 9.47 Å². The topological polar surface area (TPSA) is 62.5 Å². The van der Waals surface area contributed by atoms with Gasteiger partial charge in [0.05, 0.1) is 5.56 Å². The van der Waals surface area contributed by atoms with Crippen LogP contribution in [0.5, 0.6) is 0 Å². The predicted molar refractivity (Wildman–Crippen MR) is 74.7 cm³/mol. The molecule has 104 valence electrons. The summed E-state index contributed by atoms with van der Waals surface area (Å²) in [7, 11) is 1.83. The van der Waals surface area contributed by atoms with Gasteiger partial charge in [-0.25, -0.2) is 4.79 Å². The zero-order valence-corrected chi connectivity index (χ0v) is 11.2. The molecule has 1 aromatic heterocycles. The van der Waals surface area contributed by atoms with E-state index in [0.717, 1.165) is 18.4 Å². The van der Waals surface area contributed by atoms with Crippen LogP contribution in [-0.2, 0) is 11.3 Å². The van der Waals surface area contributed by atoms with Crippen LogP contribution in [0.15, 0.2) is 30.5 Å². The molecule has 2 aromatic rings. The zero-order valence-electron chi connectivity index (χ0n) is 11.2. The molecule has 0 radical (unpaired) electrons. The molecule has 3 rings (SSSR count). The van der Waals surface area contributed by atoms with Gasteiger partial charge in [-0.1, -0.05) is 6.07 Å². The number of rotatable bonds is 4. The monoisotopic (exact) mass is 272 g/mol. The van der Waals surface area contributed by atoms with Gasteiger partial charge in [0, 0.05) is 30.2 Å². The van der Waals surface area contributed by atoms with Crippen molar-refractivity contribution >= 4 is 22.8 Å². The lowest BCUT2D eigenvalue weighted by Crippen LogP contribution is -2.31. The van der Waals surface area contributed by atoms with Gasteiger partial charge >= 0.3 is 5.97 Å². The fourth-order valence-electron chi connectivity index (χ4n) is 2.47. The van der Waals surface area contributed by atoms with Gasteiger partial charge in [0.25, 0.3) is 0 Å². The fourth-order valence-corrected chi connectivity index (χ4v) is 2.47. The van der Waals surface area contributed by atoms with Crippen LogP contribution in [0.1, 0.15) is 23.2 Å². The van der Waals surface area contributed by atoms with Crippen LogP contribution in [0.25, 0.3) is 10.9 Å². The summed E-state index contributed by atoms with van der Waals surface area (Å²) in [5.74, 6) is -0.888. The molecule has 1 fully saturated rings. The Balaban J connectivity index is 1.90. The first kappa shape index (κ1) is 12.7. The summed E-state index contributed by atoms with van der Waals surface area (Å²) in [5.41, 5.74) is 1.05. The number of fused-ring (bicyclic) bond motifs is 1. The Morgan fingerprint density at radius 2 is 2.10 bits per heavy atom. The van der Waals surface area contributed by atoms with E-state index in [1.807, 2.05) is 17.7 Å². The van der Waals surface area contributed by atoms with E-state index in [1.54, 1.807) is 29.3 Å². The number of carbonyl (C=O) groups is 2. The van der Waals surface area contributed by atoms with Crippen LogP contribution >= 0.6 is 0 Å². The van der Waals surface area contributed by atoms with Crippen molar-refractivity contribution in [2.24, 2.45) is 0 Å². The molecule has 5 heteroatoms. The van der Waals surface area contributed by atoms with Crippen LogP contribution in [0.3, 0.4) is 0 Å². The second-order valence-corrected chi connectivity index (χ2v) is 5.22. The quantitative estimate of drug-likeness (QED) is 0.925. The van der Waals surface area contributed by atoms with Crippen molar-refractivity contribution < 1.29 is 14.7 Å². The normalized spacial score (nSPS) is 14.4. The van der Waals surface area contributed by atoms with E-state index in [0.29, 0.717) is 11.4 Å². The molecule has 1 saturated carbocycles. The van der Waals surface area contributed by atoms with Gasteiger partial charge in [0.1, 0.15) is 6.54 Å². The summed E-state index contributed by atoms with van der Waals surface area (Å²) in [5, 5.41) is 9.83. The van der Waals surface area contributed by atoms with Gasteiger partial charge in [0.15, 0.2) is 0 Å². The fraction of sp³-hybridized carbons (Fsp3) is 0.333. The van der Waals surface area contributed by atoms with Gasteiger partial charge in [0.2, 0.25) is 5.91 Å². The number of hydrogen-bond donors (Lipinski definition) is 1. The number of likely N-dealkylation sites (N-methyl/N-ethyl adjacent to an activating group) is 1. The smallest absolute Gasteiger partial charge is 0.336 e. The van der Waals surface area contributed by atoms with Crippen molar-refractivity contribution in [2.75, 3.05) is 7.05 Å². The van der Waals surface area contributed by atoms with Crippen molar-refractivity contribution in [3.05, 3.63) is 36.0 Å². The Bertz CT molecular complexity index is 685. The van der Waals surface area contributed by atoms with Gasteiger partial charge < -0.3 is 14.6 Å². The number of aromatic carboxylic acids is 1. The van der Waals surface area contributed by atoms with Gasteiger partial charge in [-0.15, -0.1) is 0 Å².